The molecule has 1 saturated heterocycles. The lowest BCUT2D eigenvalue weighted by molar-refractivity contribution is -0.137. The van der Waals surface area contributed by atoms with E-state index < -0.39 is 11.7 Å². The Bertz CT molecular complexity index is 1280. The molecule has 1 N–H and O–H groups in total. The van der Waals surface area contributed by atoms with Gasteiger partial charge in [-0.05, 0) is 63.1 Å². The van der Waals surface area contributed by atoms with Crippen LogP contribution in [-0.2, 0) is 6.18 Å². The van der Waals surface area contributed by atoms with Gasteiger partial charge in [0.05, 0.1) is 24.4 Å². The van der Waals surface area contributed by atoms with Crippen LogP contribution in [0.2, 0.25) is 0 Å². The molecule has 0 amide bonds. The lowest BCUT2D eigenvalue weighted by Crippen LogP contribution is -2.33. The standard InChI is InChI=1S/C28H30F3N5O2/c1-4-37-26-22(6-5-13-34-26)23-9-8-21(27(35-23)38-17-14-32-2)19-11-15-36(16-12-19)25-10-7-20(28(29,30)31)18-24(25)33-3/h5-10,13,18-19,32H,4,11-12,14-17H2,1-2H3. The molecule has 10 heteroatoms. The molecular formula is C28H30F3N5O2. The van der Waals surface area contributed by atoms with Crippen LogP contribution in [0.4, 0.5) is 24.5 Å². The van der Waals surface area contributed by atoms with Crippen molar-refractivity contribution < 1.29 is 22.6 Å². The first-order valence-corrected chi connectivity index (χ1v) is 12.6. The third kappa shape index (κ3) is 6.17. The number of halogens is 3. The van der Waals surface area contributed by atoms with Gasteiger partial charge in [-0.15, -0.1) is 0 Å². The van der Waals surface area contributed by atoms with E-state index in [2.05, 4.69) is 15.1 Å². The summed E-state index contributed by atoms with van der Waals surface area (Å²) in [5.74, 6) is 1.22. The second kappa shape index (κ2) is 12.1. The van der Waals surface area contributed by atoms with E-state index in [1.54, 1.807) is 6.20 Å². The van der Waals surface area contributed by atoms with E-state index in [1.165, 1.54) is 6.07 Å². The Hall–Kier alpha value is -3.84. The molecule has 0 unspecified atom stereocenters. The molecule has 1 aliphatic heterocycles. The average Bonchev–Trinajstić information content (AvgIpc) is 2.93. The number of hydrogen-bond donors (Lipinski definition) is 1. The molecule has 0 saturated carbocycles. The molecule has 38 heavy (non-hydrogen) atoms. The first kappa shape index (κ1) is 27.2. The van der Waals surface area contributed by atoms with Gasteiger partial charge in [0.2, 0.25) is 17.4 Å². The van der Waals surface area contributed by atoms with Crippen molar-refractivity contribution in [2.75, 3.05) is 44.8 Å². The summed E-state index contributed by atoms with van der Waals surface area (Å²) in [6.07, 6.45) is -1.30. The molecule has 0 aliphatic carbocycles. The van der Waals surface area contributed by atoms with Crippen molar-refractivity contribution in [3.8, 4) is 23.0 Å². The fourth-order valence-corrected chi connectivity index (χ4v) is 4.60. The SMILES string of the molecule is [C-]#[N+]c1cc(C(F)(F)F)ccc1N1CCC(c2ccc(-c3cccnc3OCC)nc2OCCNC)CC1. The minimum absolute atomic E-state index is 0.0157. The van der Waals surface area contributed by atoms with Gasteiger partial charge in [-0.3, -0.25) is 0 Å². The zero-order chi connectivity index (χ0) is 27.1. The van der Waals surface area contributed by atoms with E-state index in [0.717, 1.165) is 36.1 Å². The van der Waals surface area contributed by atoms with Crippen molar-refractivity contribution in [2.45, 2.75) is 31.9 Å². The van der Waals surface area contributed by atoms with Gasteiger partial charge in [0.1, 0.15) is 6.61 Å². The van der Waals surface area contributed by atoms with Crippen LogP contribution in [0, 0.1) is 6.57 Å². The van der Waals surface area contributed by atoms with E-state index in [4.69, 9.17) is 21.0 Å². The molecule has 0 bridgehead atoms. The minimum Gasteiger partial charge on any atom is -0.477 e. The molecule has 3 aromatic rings. The maximum absolute atomic E-state index is 13.1. The fourth-order valence-electron chi connectivity index (χ4n) is 4.60. The van der Waals surface area contributed by atoms with Crippen molar-refractivity contribution in [3.63, 3.8) is 0 Å². The van der Waals surface area contributed by atoms with Crippen LogP contribution in [0.5, 0.6) is 11.8 Å². The number of nitrogens with zero attached hydrogens (tertiary/aromatic N) is 4. The third-order valence-electron chi connectivity index (χ3n) is 6.51. The van der Waals surface area contributed by atoms with Crippen molar-refractivity contribution in [1.82, 2.24) is 15.3 Å². The summed E-state index contributed by atoms with van der Waals surface area (Å²) in [7, 11) is 1.85. The molecule has 3 heterocycles. The Morgan fingerprint density at radius 3 is 2.58 bits per heavy atom. The number of aromatic nitrogens is 2. The highest BCUT2D eigenvalue weighted by Gasteiger charge is 2.32. The molecule has 1 aliphatic rings. The zero-order valence-electron chi connectivity index (χ0n) is 21.4. The van der Waals surface area contributed by atoms with E-state index in [-0.39, 0.29) is 11.6 Å². The highest BCUT2D eigenvalue weighted by molar-refractivity contribution is 5.72. The summed E-state index contributed by atoms with van der Waals surface area (Å²) in [6.45, 7) is 12.1. The van der Waals surface area contributed by atoms with Gasteiger partial charge >= 0.3 is 6.18 Å². The fraction of sp³-hybridized carbons (Fsp3) is 0.393. The predicted octanol–water partition coefficient (Wildman–Crippen LogP) is 6.09. The number of nitrogens with one attached hydrogen (secondary N) is 1. The Balaban J connectivity index is 1.56. The van der Waals surface area contributed by atoms with Gasteiger partial charge < -0.3 is 19.7 Å². The number of pyridine rings is 2. The molecule has 2 aromatic heterocycles. The number of benzene rings is 1. The van der Waals surface area contributed by atoms with Gasteiger partial charge in [0.25, 0.3) is 0 Å². The van der Waals surface area contributed by atoms with E-state index in [1.807, 2.05) is 43.1 Å². The van der Waals surface area contributed by atoms with Crippen LogP contribution in [0.3, 0.4) is 0 Å². The molecule has 0 radical (unpaired) electrons. The second-order valence-corrected chi connectivity index (χ2v) is 8.91. The number of ether oxygens (including phenoxy) is 2. The van der Waals surface area contributed by atoms with Crippen LogP contribution in [-0.4, -0.2) is 49.9 Å². The first-order valence-electron chi connectivity index (χ1n) is 12.6. The number of likely N-dealkylation sites (N-methyl/N-ethyl adjacent to an activating group) is 1. The lowest BCUT2D eigenvalue weighted by Gasteiger charge is -2.35. The Kier molecular flexibility index (Phi) is 8.69. The van der Waals surface area contributed by atoms with Crippen LogP contribution >= 0.6 is 0 Å². The van der Waals surface area contributed by atoms with Crippen LogP contribution in [0.25, 0.3) is 16.1 Å². The summed E-state index contributed by atoms with van der Waals surface area (Å²) in [5, 5.41) is 3.07. The summed E-state index contributed by atoms with van der Waals surface area (Å²) < 4.78 is 51.1. The van der Waals surface area contributed by atoms with Gasteiger partial charge in [-0.1, -0.05) is 12.1 Å². The van der Waals surface area contributed by atoms with Crippen LogP contribution in [0.1, 0.15) is 36.8 Å². The average molecular weight is 526 g/mol. The van der Waals surface area contributed by atoms with Crippen molar-refractivity contribution in [2.24, 2.45) is 0 Å². The number of alkyl halides is 3. The third-order valence-corrected chi connectivity index (χ3v) is 6.51. The van der Waals surface area contributed by atoms with Crippen molar-refractivity contribution in [1.29, 1.82) is 0 Å². The predicted molar refractivity (Wildman–Crippen MR) is 140 cm³/mol. The largest absolute Gasteiger partial charge is 0.477 e. The van der Waals surface area contributed by atoms with Crippen molar-refractivity contribution in [3.05, 3.63) is 71.2 Å². The normalized spacial score (nSPS) is 14.3. The van der Waals surface area contributed by atoms with Gasteiger partial charge in [-0.25, -0.2) is 14.8 Å². The Labute approximate surface area is 220 Å². The second-order valence-electron chi connectivity index (χ2n) is 8.91. The molecule has 0 spiro atoms. The maximum atomic E-state index is 13.1. The zero-order valence-corrected chi connectivity index (χ0v) is 21.4. The Morgan fingerprint density at radius 2 is 1.89 bits per heavy atom. The highest BCUT2D eigenvalue weighted by Crippen LogP contribution is 2.41. The van der Waals surface area contributed by atoms with Crippen LogP contribution in [0.15, 0.2) is 48.7 Å². The number of piperidine rings is 1. The monoisotopic (exact) mass is 525 g/mol. The highest BCUT2D eigenvalue weighted by atomic mass is 19.4. The molecule has 0 atom stereocenters. The molecule has 200 valence electrons. The van der Waals surface area contributed by atoms with Crippen LogP contribution < -0.4 is 19.7 Å². The maximum Gasteiger partial charge on any atom is 0.415 e. The summed E-state index contributed by atoms with van der Waals surface area (Å²) in [6, 6.07) is 11.1. The quantitative estimate of drug-likeness (QED) is 0.269. The summed E-state index contributed by atoms with van der Waals surface area (Å²) in [5.41, 5.74) is 2.21. The van der Waals surface area contributed by atoms with E-state index >= 15 is 0 Å². The topological polar surface area (TPSA) is 63.9 Å². The molecule has 1 fully saturated rings. The number of anilines is 1. The van der Waals surface area contributed by atoms with Gasteiger partial charge in [-0.2, -0.15) is 13.2 Å². The molecule has 7 nitrogen and oxygen atoms in total. The molecular weight excluding hydrogens is 495 g/mol. The summed E-state index contributed by atoms with van der Waals surface area (Å²) >= 11 is 0. The lowest BCUT2D eigenvalue weighted by atomic mass is 9.89. The van der Waals surface area contributed by atoms with E-state index in [0.29, 0.717) is 56.0 Å². The summed E-state index contributed by atoms with van der Waals surface area (Å²) in [4.78, 5) is 14.5. The van der Waals surface area contributed by atoms with Gasteiger partial charge in [0, 0.05) is 42.6 Å². The van der Waals surface area contributed by atoms with Crippen molar-refractivity contribution >= 4 is 11.4 Å². The minimum atomic E-state index is -4.48. The molecule has 1 aromatic carbocycles. The number of hydrogen-bond acceptors (Lipinski definition) is 6. The van der Waals surface area contributed by atoms with Gasteiger partial charge in [0.15, 0.2) is 0 Å². The molecule has 4 rings (SSSR count). The Morgan fingerprint density at radius 1 is 1.11 bits per heavy atom. The number of rotatable bonds is 9. The van der Waals surface area contributed by atoms with E-state index in [9.17, 15) is 13.2 Å². The smallest absolute Gasteiger partial charge is 0.415 e. The first-order chi connectivity index (χ1) is 18.4.